The Balaban J connectivity index is 1.35. The molecule has 2 bridgehead atoms. The molecule has 0 radical (unpaired) electrons. The van der Waals surface area contributed by atoms with Crippen molar-refractivity contribution in [2.75, 3.05) is 18.1 Å². The van der Waals surface area contributed by atoms with Crippen LogP contribution in [0.5, 0.6) is 0 Å². The minimum absolute atomic E-state index is 0.177. The van der Waals surface area contributed by atoms with E-state index in [4.69, 9.17) is 9.47 Å². The maximum atomic E-state index is 15.0. The second-order valence-corrected chi connectivity index (χ2v) is 13.8. The maximum absolute atomic E-state index is 15.0. The van der Waals surface area contributed by atoms with Crippen LogP contribution in [0.2, 0.25) is 0 Å². The average Bonchev–Trinajstić information content (AvgIpc) is 3.80. The van der Waals surface area contributed by atoms with Crippen LogP contribution in [0.15, 0.2) is 98.1 Å². The van der Waals surface area contributed by atoms with Gasteiger partial charge in [-0.1, -0.05) is 79.7 Å². The molecule has 10 nitrogen and oxygen atoms in total. The van der Waals surface area contributed by atoms with Crippen molar-refractivity contribution in [1.82, 2.24) is 10.2 Å². The number of esters is 1. The number of fused-ring (bicyclic) bond motifs is 2. The van der Waals surface area contributed by atoms with Crippen molar-refractivity contribution in [3.8, 4) is 0 Å². The van der Waals surface area contributed by atoms with E-state index in [1.54, 1.807) is 24.0 Å². The number of hydrogen-bond acceptors (Lipinski definition) is 7. The molecule has 0 aliphatic carbocycles. The van der Waals surface area contributed by atoms with E-state index >= 15 is 0 Å². The Morgan fingerprint density at radius 2 is 1.80 bits per heavy atom. The fourth-order valence-electron chi connectivity index (χ4n) is 8.33. The summed E-state index contributed by atoms with van der Waals surface area (Å²) < 4.78 is 12.9. The largest absolute Gasteiger partial charge is 0.455 e. The summed E-state index contributed by atoms with van der Waals surface area (Å²) in [6.07, 6.45) is 3.83. The van der Waals surface area contributed by atoms with E-state index in [1.807, 2.05) is 79.7 Å². The SMILES string of the molecule is C=CCCC(=O)N[C@@H](C)[C@H](OC(=O)[C@@H]1[C@@H]2CC[C@]3(O2)[C@H](C(=O)N(CC=C)c2ccc4ccccc4c2)N([C@@H](CC)CO)C(=O)[C@@H]13)c1ccccc1. The molecule has 0 aromatic heterocycles. The molecule has 3 aromatic carbocycles. The number of rotatable bonds is 15. The Morgan fingerprint density at radius 1 is 1.08 bits per heavy atom. The number of nitrogens with one attached hydrogen (secondary N) is 1. The molecule has 3 aliphatic rings. The lowest BCUT2D eigenvalue weighted by Gasteiger charge is -2.39. The lowest BCUT2D eigenvalue weighted by molar-refractivity contribution is -0.162. The lowest BCUT2D eigenvalue weighted by Crippen LogP contribution is -2.59. The molecular weight excluding hydrogens is 646 g/mol. The van der Waals surface area contributed by atoms with Crippen LogP contribution in [0.1, 0.15) is 57.6 Å². The standard InChI is InChI=1S/C41H47N3O7/c1-5-8-18-33(46)42-26(4)36(28-15-10-9-11-16-28)50-40(49)34-32-21-22-41(51-32)35(34)38(47)44(30(7-3)25-45)37(41)39(48)43(23-6-2)31-20-19-27-14-12-13-17-29(27)24-31/h5-6,9-17,19-20,24,26,30,32,34-37,45H,1-2,7-8,18,21-23,25H2,3-4H3,(H,42,46)/t26-,30-,32-,34+,35+,36-,37-,41+/m0/s1. The summed E-state index contributed by atoms with van der Waals surface area (Å²) >= 11 is 0. The lowest BCUT2D eigenvalue weighted by atomic mass is 9.70. The number of amides is 3. The van der Waals surface area contributed by atoms with Crippen molar-refractivity contribution in [2.24, 2.45) is 11.8 Å². The maximum Gasteiger partial charge on any atom is 0.313 e. The normalized spacial score (nSPS) is 25.2. The molecule has 10 heteroatoms. The van der Waals surface area contributed by atoms with Gasteiger partial charge in [-0.05, 0) is 61.1 Å². The van der Waals surface area contributed by atoms with Gasteiger partial charge in [-0.3, -0.25) is 19.2 Å². The fraction of sp³-hybridized carbons (Fsp3) is 0.415. The van der Waals surface area contributed by atoms with Crippen molar-refractivity contribution < 1.29 is 33.8 Å². The van der Waals surface area contributed by atoms with E-state index in [-0.39, 0.29) is 31.4 Å². The van der Waals surface area contributed by atoms with Crippen LogP contribution in [0.25, 0.3) is 10.8 Å². The van der Waals surface area contributed by atoms with Gasteiger partial charge >= 0.3 is 5.97 Å². The molecule has 2 N–H and O–H groups in total. The number of carbonyl (C=O) groups excluding carboxylic acids is 4. The molecule has 3 aliphatic heterocycles. The molecule has 268 valence electrons. The van der Waals surface area contributed by atoms with Gasteiger partial charge in [0, 0.05) is 18.7 Å². The van der Waals surface area contributed by atoms with Gasteiger partial charge < -0.3 is 29.7 Å². The van der Waals surface area contributed by atoms with Crippen LogP contribution in [0, 0.1) is 11.8 Å². The summed E-state index contributed by atoms with van der Waals surface area (Å²) in [6, 6.07) is 20.4. The van der Waals surface area contributed by atoms with Gasteiger partial charge in [-0.25, -0.2) is 0 Å². The van der Waals surface area contributed by atoms with Gasteiger partial charge in [0.25, 0.3) is 5.91 Å². The minimum atomic E-state index is -1.30. The average molecular weight is 694 g/mol. The van der Waals surface area contributed by atoms with Crippen molar-refractivity contribution in [3.05, 3.63) is 104 Å². The quantitative estimate of drug-likeness (QED) is 0.164. The topological polar surface area (TPSA) is 125 Å². The second-order valence-electron chi connectivity index (χ2n) is 13.8. The molecule has 6 rings (SSSR count). The molecule has 3 saturated heterocycles. The zero-order valence-electron chi connectivity index (χ0n) is 29.3. The first-order valence-electron chi connectivity index (χ1n) is 17.9. The molecule has 8 atom stereocenters. The first-order chi connectivity index (χ1) is 24.7. The first kappa shape index (κ1) is 36.0. The van der Waals surface area contributed by atoms with Crippen molar-refractivity contribution in [3.63, 3.8) is 0 Å². The third-order valence-electron chi connectivity index (χ3n) is 10.7. The van der Waals surface area contributed by atoms with Gasteiger partial charge in [-0.15, -0.1) is 13.2 Å². The second kappa shape index (κ2) is 15.2. The van der Waals surface area contributed by atoms with Crippen molar-refractivity contribution in [1.29, 1.82) is 0 Å². The highest BCUT2D eigenvalue weighted by molar-refractivity contribution is 6.05. The van der Waals surface area contributed by atoms with Gasteiger partial charge in [-0.2, -0.15) is 0 Å². The highest BCUT2D eigenvalue weighted by atomic mass is 16.6. The van der Waals surface area contributed by atoms with Crippen molar-refractivity contribution in [2.45, 2.75) is 81.9 Å². The van der Waals surface area contributed by atoms with Gasteiger partial charge in [0.05, 0.1) is 36.6 Å². The van der Waals surface area contributed by atoms with Crippen LogP contribution in [0.4, 0.5) is 5.69 Å². The molecule has 3 heterocycles. The number of benzene rings is 3. The van der Waals surface area contributed by atoms with E-state index in [0.29, 0.717) is 36.9 Å². The first-order valence-corrected chi connectivity index (χ1v) is 17.9. The van der Waals surface area contributed by atoms with Gasteiger partial charge in [0.1, 0.15) is 17.7 Å². The van der Waals surface area contributed by atoms with Crippen LogP contribution < -0.4 is 10.2 Å². The monoisotopic (exact) mass is 693 g/mol. The van der Waals surface area contributed by atoms with Crippen LogP contribution in [0.3, 0.4) is 0 Å². The molecule has 0 unspecified atom stereocenters. The Bertz CT molecular complexity index is 1790. The number of anilines is 1. The van der Waals surface area contributed by atoms with Crippen LogP contribution in [-0.2, 0) is 28.7 Å². The molecule has 3 fully saturated rings. The number of likely N-dealkylation sites (tertiary alicyclic amines) is 1. The fourth-order valence-corrected chi connectivity index (χ4v) is 8.33. The highest BCUT2D eigenvalue weighted by Gasteiger charge is 2.75. The number of aliphatic hydroxyl groups excluding tert-OH is 1. The predicted octanol–water partition coefficient (Wildman–Crippen LogP) is 5.26. The molecular formula is C41H47N3O7. The van der Waals surface area contributed by atoms with Gasteiger partial charge in [0.15, 0.2) is 0 Å². The Morgan fingerprint density at radius 3 is 2.49 bits per heavy atom. The van der Waals surface area contributed by atoms with E-state index in [0.717, 1.165) is 10.8 Å². The zero-order chi connectivity index (χ0) is 36.3. The number of carbonyl (C=O) groups is 4. The summed E-state index contributed by atoms with van der Waals surface area (Å²) in [4.78, 5) is 59.8. The summed E-state index contributed by atoms with van der Waals surface area (Å²) in [7, 11) is 0. The molecule has 3 aromatic rings. The molecule has 1 spiro atoms. The van der Waals surface area contributed by atoms with Crippen molar-refractivity contribution >= 4 is 40.2 Å². The summed E-state index contributed by atoms with van der Waals surface area (Å²) in [5.41, 5.74) is 0.0327. The Labute approximate surface area is 299 Å². The number of ether oxygens (including phenoxy) is 2. The van der Waals surface area contributed by atoms with E-state index in [1.165, 1.54) is 4.90 Å². The van der Waals surface area contributed by atoms with E-state index < -0.39 is 59.6 Å². The molecule has 3 amide bonds. The minimum Gasteiger partial charge on any atom is -0.455 e. The third kappa shape index (κ3) is 6.58. The predicted molar refractivity (Wildman–Crippen MR) is 194 cm³/mol. The Kier molecular flexibility index (Phi) is 10.7. The summed E-state index contributed by atoms with van der Waals surface area (Å²) in [6.45, 7) is 11.0. The molecule has 51 heavy (non-hydrogen) atoms. The smallest absolute Gasteiger partial charge is 0.313 e. The van der Waals surface area contributed by atoms with E-state index in [9.17, 15) is 24.3 Å². The number of nitrogens with zero attached hydrogens (tertiary/aromatic N) is 2. The number of allylic oxidation sites excluding steroid dienone is 1. The van der Waals surface area contributed by atoms with Gasteiger partial charge in [0.2, 0.25) is 11.8 Å². The zero-order valence-corrected chi connectivity index (χ0v) is 29.3. The number of hydrogen-bond donors (Lipinski definition) is 2. The van der Waals surface area contributed by atoms with Crippen LogP contribution >= 0.6 is 0 Å². The third-order valence-corrected chi connectivity index (χ3v) is 10.7. The van der Waals surface area contributed by atoms with Crippen LogP contribution in [-0.4, -0.2) is 76.7 Å². The summed E-state index contributed by atoms with van der Waals surface area (Å²) in [5, 5.41) is 15.4. The summed E-state index contributed by atoms with van der Waals surface area (Å²) in [5.74, 6) is -3.56. The Hall–Kier alpha value is -4.80. The highest BCUT2D eigenvalue weighted by Crippen LogP contribution is 2.59. The van der Waals surface area contributed by atoms with E-state index in [2.05, 4.69) is 18.5 Å². The molecule has 0 saturated carbocycles. The number of aliphatic hydroxyl groups is 1.